The lowest BCUT2D eigenvalue weighted by molar-refractivity contribution is 0.0696. The summed E-state index contributed by atoms with van der Waals surface area (Å²) in [7, 11) is 3.62. The van der Waals surface area contributed by atoms with Crippen LogP contribution in [0.5, 0.6) is 11.5 Å². The number of phenolic OH excluding ortho intramolecular Hbond substituents is 1. The number of hydrogen-bond acceptors (Lipinski definition) is 5. The molecule has 2 aliphatic carbocycles. The number of carbonyl (C=O) groups excluding carboxylic acids is 1. The van der Waals surface area contributed by atoms with E-state index in [0.717, 1.165) is 47.6 Å². The summed E-state index contributed by atoms with van der Waals surface area (Å²) in [5.41, 5.74) is 5.13. The van der Waals surface area contributed by atoms with Crippen LogP contribution in [0.4, 0.5) is 4.39 Å². The summed E-state index contributed by atoms with van der Waals surface area (Å²) in [6.07, 6.45) is 4.62. The summed E-state index contributed by atoms with van der Waals surface area (Å²) in [5.74, 6) is 2.10. The molecule has 220 valence electrons. The summed E-state index contributed by atoms with van der Waals surface area (Å²) in [4.78, 5) is 25.9. The smallest absolute Gasteiger partial charge is 0.254 e. The van der Waals surface area contributed by atoms with Gasteiger partial charge in [0.15, 0.2) is 17.4 Å². The molecule has 2 aromatic carbocycles. The van der Waals surface area contributed by atoms with Gasteiger partial charge in [-0.3, -0.25) is 4.79 Å². The number of aromatic hydroxyl groups is 1. The fourth-order valence-electron chi connectivity index (χ4n) is 7.41. The van der Waals surface area contributed by atoms with E-state index in [-0.39, 0.29) is 11.7 Å². The Kier molecular flexibility index (Phi) is 5.83. The van der Waals surface area contributed by atoms with Gasteiger partial charge in [0.2, 0.25) is 0 Å². The molecule has 3 aromatic heterocycles. The number of nitrogens with zero attached hydrogens (tertiary/aromatic N) is 5. The number of aromatic nitrogens is 4. The van der Waals surface area contributed by atoms with Crippen LogP contribution in [-0.2, 0) is 13.6 Å². The van der Waals surface area contributed by atoms with Gasteiger partial charge in [-0.1, -0.05) is 6.92 Å². The first-order valence-corrected chi connectivity index (χ1v) is 15.2. The van der Waals surface area contributed by atoms with Crippen molar-refractivity contribution in [3.8, 4) is 34.3 Å². The summed E-state index contributed by atoms with van der Waals surface area (Å²) >= 11 is 0. The van der Waals surface area contributed by atoms with E-state index in [9.17, 15) is 14.3 Å². The second-order valence-corrected chi connectivity index (χ2v) is 12.6. The van der Waals surface area contributed by atoms with E-state index >= 15 is 0 Å². The number of halogens is 1. The van der Waals surface area contributed by atoms with E-state index in [2.05, 4.69) is 22.5 Å². The molecule has 9 heteroatoms. The minimum absolute atomic E-state index is 0.0525. The number of likely N-dealkylation sites (tertiary alicyclic amines) is 1. The number of hydrogen-bond donors (Lipinski definition) is 1. The lowest BCUT2D eigenvalue weighted by atomic mass is 10.0. The van der Waals surface area contributed by atoms with Crippen molar-refractivity contribution in [2.75, 3.05) is 13.7 Å². The van der Waals surface area contributed by atoms with E-state index in [1.807, 2.05) is 35.9 Å². The number of methoxy groups -OCH3 is 1. The van der Waals surface area contributed by atoms with Crippen LogP contribution < -0.4 is 4.74 Å². The van der Waals surface area contributed by atoms with E-state index in [1.54, 1.807) is 13.2 Å². The molecular formula is C34H34FN5O3. The number of pyridine rings is 1. The van der Waals surface area contributed by atoms with Crippen molar-refractivity contribution in [1.29, 1.82) is 0 Å². The van der Waals surface area contributed by atoms with Gasteiger partial charge in [0.1, 0.15) is 16.9 Å². The Morgan fingerprint density at radius 2 is 1.91 bits per heavy atom. The summed E-state index contributed by atoms with van der Waals surface area (Å²) in [5, 5.41) is 10.6. The monoisotopic (exact) mass is 579 g/mol. The quantitative estimate of drug-likeness (QED) is 0.252. The minimum Gasteiger partial charge on any atom is -0.505 e. The third kappa shape index (κ3) is 4.12. The van der Waals surface area contributed by atoms with Crippen molar-refractivity contribution in [3.05, 3.63) is 59.9 Å². The number of imidazole rings is 1. The van der Waals surface area contributed by atoms with Crippen molar-refractivity contribution in [1.82, 2.24) is 24.0 Å². The Bertz CT molecular complexity index is 1940. The number of carbonyl (C=O) groups is 1. The van der Waals surface area contributed by atoms with E-state index in [0.29, 0.717) is 51.9 Å². The van der Waals surface area contributed by atoms with Crippen LogP contribution in [0.25, 0.3) is 44.8 Å². The molecule has 1 amide bonds. The highest BCUT2D eigenvalue weighted by molar-refractivity contribution is 6.00. The Morgan fingerprint density at radius 1 is 1.07 bits per heavy atom. The molecule has 1 N–H and O–H groups in total. The zero-order valence-electron chi connectivity index (χ0n) is 24.5. The largest absolute Gasteiger partial charge is 0.505 e. The van der Waals surface area contributed by atoms with Crippen LogP contribution in [0.1, 0.15) is 43.0 Å². The lowest BCUT2D eigenvalue weighted by Crippen LogP contribution is -2.38. The van der Waals surface area contributed by atoms with E-state index in [1.165, 1.54) is 31.4 Å². The average Bonchev–Trinajstić information content (AvgIpc) is 3.42. The maximum atomic E-state index is 14.2. The molecule has 43 heavy (non-hydrogen) atoms. The topological polar surface area (TPSA) is 85.4 Å². The molecule has 3 atom stereocenters. The number of piperidine rings is 1. The van der Waals surface area contributed by atoms with Crippen LogP contribution in [0.3, 0.4) is 0 Å². The lowest BCUT2D eigenvalue weighted by Gasteiger charge is -2.27. The van der Waals surface area contributed by atoms with E-state index < -0.39 is 5.82 Å². The predicted octanol–water partition coefficient (Wildman–Crippen LogP) is 6.39. The van der Waals surface area contributed by atoms with Crippen LogP contribution >= 0.6 is 0 Å². The summed E-state index contributed by atoms with van der Waals surface area (Å²) in [6.45, 7) is 3.90. The predicted molar refractivity (Wildman–Crippen MR) is 162 cm³/mol. The number of ether oxygens (including phenoxy) is 1. The fraction of sp³-hybridized carbons (Fsp3) is 0.382. The zero-order chi connectivity index (χ0) is 29.6. The van der Waals surface area contributed by atoms with Crippen molar-refractivity contribution >= 4 is 28.0 Å². The van der Waals surface area contributed by atoms with Gasteiger partial charge in [-0.25, -0.2) is 14.4 Å². The molecule has 8 rings (SSSR count). The van der Waals surface area contributed by atoms with Crippen molar-refractivity contribution in [2.24, 2.45) is 24.8 Å². The molecule has 4 heterocycles. The second kappa shape index (κ2) is 9.56. The van der Waals surface area contributed by atoms with Gasteiger partial charge >= 0.3 is 0 Å². The molecule has 2 bridgehead atoms. The molecular weight excluding hydrogens is 545 g/mol. The van der Waals surface area contributed by atoms with Gasteiger partial charge in [0, 0.05) is 42.7 Å². The number of amides is 1. The van der Waals surface area contributed by atoms with Crippen LogP contribution in [0.2, 0.25) is 0 Å². The molecule has 0 radical (unpaired) electrons. The van der Waals surface area contributed by atoms with Crippen molar-refractivity contribution < 1.29 is 19.0 Å². The molecule has 8 nitrogen and oxygen atoms in total. The first-order valence-electron chi connectivity index (χ1n) is 15.2. The Morgan fingerprint density at radius 3 is 2.60 bits per heavy atom. The van der Waals surface area contributed by atoms with E-state index in [4.69, 9.17) is 14.7 Å². The molecule has 3 fully saturated rings. The number of fused-ring (bicyclic) bond motifs is 4. The summed E-state index contributed by atoms with van der Waals surface area (Å²) < 4.78 is 24.3. The molecule has 2 unspecified atom stereocenters. The highest BCUT2D eigenvalue weighted by Crippen LogP contribution is 2.44. The highest BCUT2D eigenvalue weighted by Gasteiger charge is 2.46. The molecule has 5 aromatic rings. The maximum Gasteiger partial charge on any atom is 0.254 e. The first-order chi connectivity index (χ1) is 20.8. The van der Waals surface area contributed by atoms with Gasteiger partial charge in [-0.05, 0) is 92.0 Å². The Labute approximate surface area is 248 Å². The van der Waals surface area contributed by atoms with Crippen LogP contribution in [0, 0.1) is 23.6 Å². The molecule has 2 saturated carbocycles. The second-order valence-electron chi connectivity index (χ2n) is 12.6. The van der Waals surface area contributed by atoms with Gasteiger partial charge < -0.3 is 23.9 Å². The van der Waals surface area contributed by atoms with Crippen LogP contribution in [0.15, 0.2) is 48.5 Å². The number of benzene rings is 2. The first kappa shape index (κ1) is 26.2. The Hall–Kier alpha value is -4.40. The highest BCUT2D eigenvalue weighted by atomic mass is 19.1. The normalized spacial score (nSPS) is 21.4. The van der Waals surface area contributed by atoms with Crippen molar-refractivity contribution in [3.63, 3.8) is 0 Å². The number of rotatable bonds is 6. The maximum absolute atomic E-state index is 14.2. The fourth-order valence-corrected chi connectivity index (χ4v) is 7.41. The average molecular weight is 580 g/mol. The Balaban J connectivity index is 1.24. The SMILES string of the molecule is COc1cc(C(=O)N2CC3CCC2[C@@H]3C)cc2nc(-c3cc4ccc(-c5ccc(O)c(F)c5)nc4n3CC3CC3)n(C)c12. The third-order valence-corrected chi connectivity index (χ3v) is 10.0. The molecule has 1 saturated heterocycles. The number of phenols is 1. The van der Waals surface area contributed by atoms with Crippen LogP contribution in [-0.4, -0.2) is 54.7 Å². The third-order valence-electron chi connectivity index (χ3n) is 10.0. The van der Waals surface area contributed by atoms with Crippen molar-refractivity contribution in [2.45, 2.75) is 45.2 Å². The van der Waals surface area contributed by atoms with Gasteiger partial charge in [0.25, 0.3) is 5.91 Å². The van der Waals surface area contributed by atoms with Gasteiger partial charge in [-0.15, -0.1) is 0 Å². The molecule has 1 aliphatic heterocycles. The van der Waals surface area contributed by atoms with Gasteiger partial charge in [0.05, 0.1) is 24.0 Å². The standard InChI is InChI=1S/C34H34FN5O3/c1-18-22-7-10-27(18)40(17-22)34(42)23-13-26-31(30(15-23)43-3)38(2)33(37-26)28-14-21-6-9-25(20-8-11-29(41)24(35)12-20)36-32(21)39(28)16-19-4-5-19/h6,8-9,11-15,18-19,22,27,41H,4-5,7,10,16-17H2,1-3H3/t18-,22?,27?/m1/s1. The number of aryl methyl sites for hydroxylation is 1. The van der Waals surface area contributed by atoms with Gasteiger partial charge in [-0.2, -0.15) is 0 Å². The minimum atomic E-state index is -0.674. The molecule has 3 aliphatic rings. The molecule has 0 spiro atoms. The zero-order valence-corrected chi connectivity index (χ0v) is 24.5. The summed E-state index contributed by atoms with van der Waals surface area (Å²) in [6, 6.07) is 14.4.